The van der Waals surface area contributed by atoms with Crippen LogP contribution in [-0.2, 0) is 0 Å². The summed E-state index contributed by atoms with van der Waals surface area (Å²) in [5, 5.41) is 0. The van der Waals surface area contributed by atoms with Crippen molar-refractivity contribution in [3.05, 3.63) is 0 Å². The lowest BCUT2D eigenvalue weighted by atomic mass is 10.3. The molecular formula is C11H24N2S. The van der Waals surface area contributed by atoms with Crippen LogP contribution in [0.15, 0.2) is 0 Å². The summed E-state index contributed by atoms with van der Waals surface area (Å²) >= 11 is 2.07. The summed E-state index contributed by atoms with van der Waals surface area (Å²) in [6.45, 7) is 13.1. The normalized spacial score (nSPS) is 21.4. The van der Waals surface area contributed by atoms with Crippen LogP contribution in [0, 0.1) is 0 Å². The summed E-state index contributed by atoms with van der Waals surface area (Å²) in [6, 6.07) is 0. The molecule has 2 nitrogen and oxygen atoms in total. The summed E-state index contributed by atoms with van der Waals surface area (Å²) < 4.78 is 0.423. The van der Waals surface area contributed by atoms with Crippen LogP contribution in [0.5, 0.6) is 0 Å². The zero-order valence-electron chi connectivity index (χ0n) is 10.0. The molecule has 0 amide bonds. The van der Waals surface area contributed by atoms with Crippen LogP contribution >= 0.6 is 11.8 Å². The van der Waals surface area contributed by atoms with Crippen LogP contribution in [0.2, 0.25) is 0 Å². The number of hydrogen-bond donors (Lipinski definition) is 0. The van der Waals surface area contributed by atoms with Gasteiger partial charge in [-0.25, -0.2) is 0 Å². The lowest BCUT2D eigenvalue weighted by Crippen LogP contribution is -2.45. The molecule has 0 aromatic carbocycles. The third-order valence-electron chi connectivity index (χ3n) is 2.54. The predicted octanol–water partition coefficient (Wildman–Crippen LogP) is 1.77. The van der Waals surface area contributed by atoms with Gasteiger partial charge in [-0.3, -0.25) is 4.90 Å². The van der Waals surface area contributed by atoms with E-state index < -0.39 is 0 Å². The third kappa shape index (κ3) is 5.23. The quantitative estimate of drug-likeness (QED) is 0.710. The smallest absolute Gasteiger partial charge is 0.0110 e. The minimum Gasteiger partial charge on any atom is -0.304 e. The Morgan fingerprint density at radius 3 is 2.14 bits per heavy atom. The van der Waals surface area contributed by atoms with E-state index in [1.165, 1.54) is 38.5 Å². The summed E-state index contributed by atoms with van der Waals surface area (Å²) in [6.07, 6.45) is 0. The topological polar surface area (TPSA) is 6.48 Å². The first-order valence-corrected chi connectivity index (χ1v) is 6.51. The maximum absolute atomic E-state index is 2.58. The van der Waals surface area contributed by atoms with Crippen molar-refractivity contribution >= 4 is 11.8 Å². The molecule has 0 spiro atoms. The second-order valence-electron chi connectivity index (χ2n) is 5.11. The summed E-state index contributed by atoms with van der Waals surface area (Å²) in [4.78, 5) is 4.99. The molecule has 1 heterocycles. The number of likely N-dealkylation sites (N-methyl/N-ethyl adjacent to an activating group) is 1. The van der Waals surface area contributed by atoms with Crippen molar-refractivity contribution in [2.24, 2.45) is 0 Å². The Kier molecular flexibility index (Phi) is 4.74. The van der Waals surface area contributed by atoms with E-state index in [4.69, 9.17) is 0 Å². The fourth-order valence-electron chi connectivity index (χ4n) is 1.55. The predicted molar refractivity (Wildman–Crippen MR) is 66.1 cm³/mol. The first kappa shape index (κ1) is 12.3. The Balaban J connectivity index is 2.08. The number of hydrogen-bond acceptors (Lipinski definition) is 3. The second kappa shape index (κ2) is 5.38. The van der Waals surface area contributed by atoms with E-state index in [1.54, 1.807) is 0 Å². The van der Waals surface area contributed by atoms with Gasteiger partial charge >= 0.3 is 0 Å². The summed E-state index contributed by atoms with van der Waals surface area (Å²) in [7, 11) is 2.21. The molecule has 0 atom stereocenters. The minimum atomic E-state index is 0.423. The van der Waals surface area contributed by atoms with Crippen LogP contribution in [0.1, 0.15) is 20.8 Å². The average molecular weight is 216 g/mol. The molecule has 1 rings (SSSR count). The number of piperazine rings is 1. The first-order valence-electron chi connectivity index (χ1n) is 5.52. The first-order chi connectivity index (χ1) is 6.47. The zero-order valence-corrected chi connectivity index (χ0v) is 10.9. The van der Waals surface area contributed by atoms with Gasteiger partial charge in [0.25, 0.3) is 0 Å². The van der Waals surface area contributed by atoms with E-state index in [2.05, 4.69) is 49.4 Å². The Bertz CT molecular complexity index is 157. The fourth-order valence-corrected chi connectivity index (χ4v) is 2.51. The second-order valence-corrected chi connectivity index (χ2v) is 7.03. The lowest BCUT2D eigenvalue weighted by molar-refractivity contribution is 0.161. The van der Waals surface area contributed by atoms with E-state index in [-0.39, 0.29) is 0 Å². The van der Waals surface area contributed by atoms with Gasteiger partial charge in [-0.1, -0.05) is 20.8 Å². The molecule has 0 aliphatic carbocycles. The number of rotatable bonds is 3. The van der Waals surface area contributed by atoms with Gasteiger partial charge in [0, 0.05) is 43.2 Å². The Hall–Kier alpha value is 0.270. The van der Waals surface area contributed by atoms with Crippen LogP contribution < -0.4 is 0 Å². The van der Waals surface area contributed by atoms with Crippen LogP contribution in [0.4, 0.5) is 0 Å². The summed E-state index contributed by atoms with van der Waals surface area (Å²) in [5.74, 6) is 1.27. The lowest BCUT2D eigenvalue weighted by Gasteiger charge is -2.32. The number of nitrogens with zero attached hydrogens (tertiary/aromatic N) is 2. The summed E-state index contributed by atoms with van der Waals surface area (Å²) in [5.41, 5.74) is 0. The number of thioether (sulfide) groups is 1. The SMILES string of the molecule is CN1CCN(CCSC(C)(C)C)CC1. The van der Waals surface area contributed by atoms with E-state index >= 15 is 0 Å². The van der Waals surface area contributed by atoms with Crippen molar-refractivity contribution < 1.29 is 0 Å². The highest BCUT2D eigenvalue weighted by molar-refractivity contribution is 8.00. The Morgan fingerprint density at radius 2 is 1.64 bits per heavy atom. The minimum absolute atomic E-state index is 0.423. The van der Waals surface area contributed by atoms with Crippen molar-refractivity contribution in [3.8, 4) is 0 Å². The highest BCUT2D eigenvalue weighted by atomic mass is 32.2. The highest BCUT2D eigenvalue weighted by Gasteiger charge is 2.15. The molecule has 0 saturated carbocycles. The van der Waals surface area contributed by atoms with E-state index in [0.29, 0.717) is 4.75 Å². The van der Waals surface area contributed by atoms with Crippen molar-refractivity contribution in [1.29, 1.82) is 0 Å². The van der Waals surface area contributed by atoms with Crippen LogP contribution in [0.25, 0.3) is 0 Å². The van der Waals surface area contributed by atoms with Crippen molar-refractivity contribution in [2.45, 2.75) is 25.5 Å². The molecule has 0 N–H and O–H groups in total. The van der Waals surface area contributed by atoms with E-state index in [1.807, 2.05) is 0 Å². The Morgan fingerprint density at radius 1 is 1.07 bits per heavy atom. The standard InChI is InChI=1S/C11H24N2S/c1-11(2,3)14-10-9-13-7-5-12(4)6-8-13/h5-10H2,1-4H3. The molecule has 14 heavy (non-hydrogen) atoms. The monoisotopic (exact) mass is 216 g/mol. The maximum atomic E-state index is 2.58. The molecule has 0 bridgehead atoms. The largest absolute Gasteiger partial charge is 0.304 e. The molecule has 0 aromatic heterocycles. The fraction of sp³-hybridized carbons (Fsp3) is 1.00. The van der Waals surface area contributed by atoms with Gasteiger partial charge in [0.05, 0.1) is 0 Å². The highest BCUT2D eigenvalue weighted by Crippen LogP contribution is 2.22. The molecule has 1 saturated heterocycles. The van der Waals surface area contributed by atoms with Gasteiger partial charge in [0.1, 0.15) is 0 Å². The molecule has 84 valence electrons. The molecule has 1 fully saturated rings. The van der Waals surface area contributed by atoms with Gasteiger partial charge in [-0.15, -0.1) is 0 Å². The van der Waals surface area contributed by atoms with E-state index in [9.17, 15) is 0 Å². The average Bonchev–Trinajstić information content (AvgIpc) is 2.06. The van der Waals surface area contributed by atoms with Gasteiger partial charge < -0.3 is 4.90 Å². The molecule has 1 aliphatic rings. The molecule has 1 aliphatic heterocycles. The van der Waals surface area contributed by atoms with Gasteiger partial charge in [0.2, 0.25) is 0 Å². The third-order valence-corrected chi connectivity index (χ3v) is 3.79. The van der Waals surface area contributed by atoms with Gasteiger partial charge in [-0.05, 0) is 7.05 Å². The van der Waals surface area contributed by atoms with Crippen molar-refractivity contribution in [3.63, 3.8) is 0 Å². The van der Waals surface area contributed by atoms with Crippen molar-refractivity contribution in [1.82, 2.24) is 9.80 Å². The van der Waals surface area contributed by atoms with Crippen LogP contribution in [0.3, 0.4) is 0 Å². The molecule has 0 aromatic rings. The molecular weight excluding hydrogens is 192 g/mol. The van der Waals surface area contributed by atoms with Crippen molar-refractivity contribution in [2.75, 3.05) is 45.5 Å². The zero-order chi connectivity index (χ0) is 10.6. The molecule has 0 unspecified atom stereocenters. The van der Waals surface area contributed by atoms with Gasteiger partial charge in [0.15, 0.2) is 0 Å². The van der Waals surface area contributed by atoms with Gasteiger partial charge in [-0.2, -0.15) is 11.8 Å². The molecule has 0 radical (unpaired) electrons. The Labute approximate surface area is 93.0 Å². The molecule has 3 heteroatoms. The van der Waals surface area contributed by atoms with E-state index in [0.717, 1.165) is 0 Å². The maximum Gasteiger partial charge on any atom is 0.0110 e. The van der Waals surface area contributed by atoms with Crippen LogP contribution in [-0.4, -0.2) is 60.1 Å².